The number of aryl methyl sites for hydroxylation is 1. The first-order chi connectivity index (χ1) is 11.4. The minimum Gasteiger partial charge on any atom is -0.385 e. The Morgan fingerprint density at radius 1 is 1.29 bits per heavy atom. The molecule has 0 unspecified atom stereocenters. The molecule has 1 aromatic heterocycles. The van der Waals surface area contributed by atoms with Gasteiger partial charge >= 0.3 is 6.03 Å². The number of likely N-dealkylation sites (tertiary alicyclic amines) is 1. The molecule has 0 bridgehead atoms. The highest BCUT2D eigenvalue weighted by molar-refractivity contribution is 5.89. The Bertz CT molecular complexity index is 734. The molecule has 3 rings (SSSR count). The van der Waals surface area contributed by atoms with Crippen molar-refractivity contribution in [2.45, 2.75) is 18.4 Å². The van der Waals surface area contributed by atoms with Gasteiger partial charge in [0.2, 0.25) is 0 Å². The number of anilines is 1. The van der Waals surface area contributed by atoms with Crippen molar-refractivity contribution in [2.75, 3.05) is 18.4 Å². The largest absolute Gasteiger partial charge is 0.385 e. The Kier molecular flexibility index (Phi) is 4.23. The van der Waals surface area contributed by atoms with E-state index in [0.717, 1.165) is 12.1 Å². The van der Waals surface area contributed by atoms with E-state index in [1.54, 1.807) is 17.9 Å². The zero-order valence-corrected chi connectivity index (χ0v) is 13.2. The number of hydrogen-bond donors (Lipinski definition) is 2. The molecule has 1 aliphatic heterocycles. The van der Waals surface area contributed by atoms with Crippen molar-refractivity contribution in [3.8, 4) is 0 Å². The maximum Gasteiger partial charge on any atom is 0.321 e. The number of hydrogen-bond acceptors (Lipinski definition) is 3. The van der Waals surface area contributed by atoms with E-state index in [9.17, 15) is 18.7 Å². The molecule has 0 atom stereocenters. The number of carbonyl (C=O) groups excluding carboxylic acids is 1. The standard InChI is InChI=1S/C16H18F2N4O2/c1-21-10-11(9-19-21)20-15(23)22-7-5-16(24,6-8-22)14-12(17)3-2-4-13(14)18/h2-4,9-10,24H,5-8H2,1H3,(H,20,23). The first-order valence-corrected chi connectivity index (χ1v) is 7.60. The van der Waals surface area contributed by atoms with Gasteiger partial charge in [0.1, 0.15) is 11.6 Å². The molecule has 0 spiro atoms. The molecular formula is C16H18F2N4O2. The lowest BCUT2D eigenvalue weighted by Gasteiger charge is -2.38. The summed E-state index contributed by atoms with van der Waals surface area (Å²) in [7, 11) is 1.74. The smallest absolute Gasteiger partial charge is 0.321 e. The van der Waals surface area contributed by atoms with Crippen LogP contribution in [0.1, 0.15) is 18.4 Å². The summed E-state index contributed by atoms with van der Waals surface area (Å²) in [6, 6.07) is 3.17. The molecule has 2 N–H and O–H groups in total. The predicted octanol–water partition coefficient (Wildman–Crippen LogP) is 2.21. The molecule has 128 valence electrons. The lowest BCUT2D eigenvalue weighted by atomic mass is 9.84. The topological polar surface area (TPSA) is 70.4 Å². The van der Waals surface area contributed by atoms with Gasteiger partial charge in [-0.05, 0) is 25.0 Å². The molecule has 1 aromatic carbocycles. The van der Waals surface area contributed by atoms with Gasteiger partial charge in [-0.15, -0.1) is 0 Å². The zero-order valence-electron chi connectivity index (χ0n) is 13.2. The van der Waals surface area contributed by atoms with Crippen LogP contribution in [0.2, 0.25) is 0 Å². The van der Waals surface area contributed by atoms with Crippen molar-refractivity contribution < 1.29 is 18.7 Å². The van der Waals surface area contributed by atoms with Crippen molar-refractivity contribution in [2.24, 2.45) is 7.05 Å². The van der Waals surface area contributed by atoms with Crippen LogP contribution in [0.3, 0.4) is 0 Å². The van der Waals surface area contributed by atoms with Crippen LogP contribution in [0.5, 0.6) is 0 Å². The number of carbonyl (C=O) groups is 1. The highest BCUT2D eigenvalue weighted by Crippen LogP contribution is 2.36. The number of nitrogens with one attached hydrogen (secondary N) is 1. The van der Waals surface area contributed by atoms with Crippen LogP contribution in [-0.2, 0) is 12.6 Å². The molecule has 0 saturated carbocycles. The predicted molar refractivity (Wildman–Crippen MR) is 83.3 cm³/mol. The van der Waals surface area contributed by atoms with E-state index >= 15 is 0 Å². The monoisotopic (exact) mass is 336 g/mol. The number of urea groups is 1. The Labute approximate surface area is 137 Å². The van der Waals surface area contributed by atoms with Crippen molar-refractivity contribution in [3.05, 3.63) is 47.8 Å². The van der Waals surface area contributed by atoms with Crippen LogP contribution >= 0.6 is 0 Å². The maximum absolute atomic E-state index is 13.9. The lowest BCUT2D eigenvalue weighted by Crippen LogP contribution is -2.47. The summed E-state index contributed by atoms with van der Waals surface area (Å²) in [6.45, 7) is 0.382. The van der Waals surface area contributed by atoms with Crippen molar-refractivity contribution in [1.82, 2.24) is 14.7 Å². The average Bonchev–Trinajstić information content (AvgIpc) is 2.92. The average molecular weight is 336 g/mol. The van der Waals surface area contributed by atoms with Crippen LogP contribution < -0.4 is 5.32 Å². The number of piperidine rings is 1. The second-order valence-corrected chi connectivity index (χ2v) is 5.95. The number of benzene rings is 1. The van der Waals surface area contributed by atoms with Gasteiger partial charge in [0.15, 0.2) is 0 Å². The summed E-state index contributed by atoms with van der Waals surface area (Å²) in [4.78, 5) is 13.7. The third-order valence-corrected chi connectivity index (χ3v) is 4.26. The molecule has 24 heavy (non-hydrogen) atoms. The van der Waals surface area contributed by atoms with Gasteiger partial charge in [-0.1, -0.05) is 6.07 Å². The van der Waals surface area contributed by atoms with Gasteiger partial charge in [0.25, 0.3) is 0 Å². The summed E-state index contributed by atoms with van der Waals surface area (Å²) in [5, 5.41) is 17.3. The van der Waals surface area contributed by atoms with E-state index in [0.29, 0.717) is 5.69 Å². The fourth-order valence-electron chi connectivity index (χ4n) is 2.96. The fraction of sp³-hybridized carbons (Fsp3) is 0.375. The van der Waals surface area contributed by atoms with Gasteiger partial charge in [-0.3, -0.25) is 4.68 Å². The molecule has 1 saturated heterocycles. The van der Waals surface area contributed by atoms with E-state index in [4.69, 9.17) is 0 Å². The van der Waals surface area contributed by atoms with Crippen molar-refractivity contribution in [1.29, 1.82) is 0 Å². The van der Waals surface area contributed by atoms with Gasteiger partial charge < -0.3 is 15.3 Å². The van der Waals surface area contributed by atoms with E-state index in [1.807, 2.05) is 0 Å². The molecule has 8 heteroatoms. The minimum atomic E-state index is -1.61. The second-order valence-electron chi connectivity index (χ2n) is 5.95. The molecule has 6 nitrogen and oxygen atoms in total. The normalized spacial score (nSPS) is 16.9. The van der Waals surface area contributed by atoms with Gasteiger partial charge in [0.05, 0.1) is 23.0 Å². The summed E-state index contributed by atoms with van der Waals surface area (Å²) in [5.74, 6) is -1.54. The summed E-state index contributed by atoms with van der Waals surface area (Å²) in [5.41, 5.74) is -1.37. The van der Waals surface area contributed by atoms with Gasteiger partial charge in [-0.2, -0.15) is 5.10 Å². The number of rotatable bonds is 2. The highest BCUT2D eigenvalue weighted by Gasteiger charge is 2.39. The minimum absolute atomic E-state index is 0.0608. The van der Waals surface area contributed by atoms with Crippen LogP contribution in [0.15, 0.2) is 30.6 Å². The fourth-order valence-corrected chi connectivity index (χ4v) is 2.96. The number of aromatic nitrogens is 2. The number of aliphatic hydroxyl groups is 1. The van der Waals surface area contributed by atoms with Crippen LogP contribution in [0, 0.1) is 11.6 Å². The summed E-state index contributed by atoms with van der Waals surface area (Å²) < 4.78 is 29.4. The van der Waals surface area contributed by atoms with Crippen molar-refractivity contribution in [3.63, 3.8) is 0 Å². The molecule has 0 radical (unpaired) electrons. The van der Waals surface area contributed by atoms with Crippen LogP contribution in [0.25, 0.3) is 0 Å². The molecule has 0 aliphatic carbocycles. The summed E-state index contributed by atoms with van der Waals surface area (Å²) >= 11 is 0. The first-order valence-electron chi connectivity index (χ1n) is 7.60. The van der Waals surface area contributed by atoms with Crippen molar-refractivity contribution >= 4 is 11.7 Å². The summed E-state index contributed by atoms with van der Waals surface area (Å²) in [6.07, 6.45) is 3.30. The quantitative estimate of drug-likeness (QED) is 0.883. The van der Waals surface area contributed by atoms with E-state index in [2.05, 4.69) is 10.4 Å². The third kappa shape index (κ3) is 3.09. The zero-order chi connectivity index (χ0) is 17.3. The molecule has 1 fully saturated rings. The molecule has 2 aromatic rings. The Morgan fingerprint density at radius 3 is 2.46 bits per heavy atom. The van der Waals surface area contributed by atoms with Crippen LogP contribution in [0.4, 0.5) is 19.3 Å². The number of amides is 2. The van der Waals surface area contributed by atoms with Gasteiger partial charge in [-0.25, -0.2) is 13.6 Å². The Balaban J connectivity index is 1.67. The van der Waals surface area contributed by atoms with Crippen LogP contribution in [-0.4, -0.2) is 38.9 Å². The van der Waals surface area contributed by atoms with E-state index in [1.165, 1.54) is 17.2 Å². The molecule has 2 heterocycles. The third-order valence-electron chi connectivity index (χ3n) is 4.26. The first kappa shape index (κ1) is 16.4. The Hall–Kier alpha value is -2.48. The Morgan fingerprint density at radius 2 is 1.92 bits per heavy atom. The molecular weight excluding hydrogens is 318 g/mol. The SMILES string of the molecule is Cn1cc(NC(=O)N2CCC(O)(c3c(F)cccc3F)CC2)cn1. The lowest BCUT2D eigenvalue weighted by molar-refractivity contribution is -0.0213. The number of nitrogens with zero attached hydrogens (tertiary/aromatic N) is 3. The van der Waals surface area contributed by atoms with Gasteiger partial charge in [0, 0.05) is 26.3 Å². The number of halogens is 2. The van der Waals surface area contributed by atoms with E-state index < -0.39 is 17.2 Å². The molecule has 2 amide bonds. The molecule has 1 aliphatic rings. The maximum atomic E-state index is 13.9. The van der Waals surface area contributed by atoms with E-state index in [-0.39, 0.29) is 37.5 Å². The highest BCUT2D eigenvalue weighted by atomic mass is 19.1. The second kappa shape index (κ2) is 6.20.